The van der Waals surface area contributed by atoms with E-state index in [1.165, 1.54) is 5.56 Å². The molecule has 0 spiro atoms. The molecule has 0 unspecified atom stereocenters. The van der Waals surface area contributed by atoms with Gasteiger partial charge in [0.05, 0.1) is 6.61 Å². The van der Waals surface area contributed by atoms with Gasteiger partial charge in [0.1, 0.15) is 6.42 Å². The highest BCUT2D eigenvalue weighted by Crippen LogP contribution is 2.27. The van der Waals surface area contributed by atoms with E-state index in [0.717, 1.165) is 22.3 Å². The van der Waals surface area contributed by atoms with Crippen LogP contribution in [0.4, 0.5) is 0 Å². The van der Waals surface area contributed by atoms with E-state index in [1.54, 1.807) is 6.92 Å². The number of esters is 1. The molecule has 0 saturated heterocycles. The van der Waals surface area contributed by atoms with Crippen molar-refractivity contribution in [3.05, 3.63) is 33.4 Å². The van der Waals surface area contributed by atoms with Crippen molar-refractivity contribution < 1.29 is 14.3 Å². The fraction of sp³-hybridized carbons (Fsp3) is 0.500. The molecule has 3 nitrogen and oxygen atoms in total. The summed E-state index contributed by atoms with van der Waals surface area (Å²) in [4.78, 5) is 23.7. The highest BCUT2D eigenvalue weighted by atomic mass is 16.5. The Hall–Kier alpha value is -1.64. The Morgan fingerprint density at radius 3 is 1.68 bits per heavy atom. The number of carbonyl (C=O) groups excluding carboxylic acids is 2. The van der Waals surface area contributed by atoms with Gasteiger partial charge in [-0.2, -0.15) is 0 Å². The first-order valence-corrected chi connectivity index (χ1v) is 6.57. The van der Waals surface area contributed by atoms with E-state index in [1.807, 2.05) is 27.7 Å². The van der Waals surface area contributed by atoms with Gasteiger partial charge in [0.25, 0.3) is 0 Å². The number of ketones is 1. The Morgan fingerprint density at radius 2 is 1.26 bits per heavy atom. The summed E-state index contributed by atoms with van der Waals surface area (Å²) in [5.41, 5.74) is 6.06. The van der Waals surface area contributed by atoms with E-state index in [4.69, 9.17) is 4.74 Å². The van der Waals surface area contributed by atoms with E-state index in [-0.39, 0.29) is 12.2 Å². The summed E-state index contributed by atoms with van der Waals surface area (Å²) in [6.07, 6.45) is -0.183. The third kappa shape index (κ3) is 3.03. The molecular weight excluding hydrogens is 240 g/mol. The van der Waals surface area contributed by atoms with Crippen molar-refractivity contribution in [1.29, 1.82) is 0 Å². The molecule has 104 valence electrons. The minimum atomic E-state index is -0.456. The lowest BCUT2D eigenvalue weighted by Gasteiger charge is -2.17. The summed E-state index contributed by atoms with van der Waals surface area (Å²) < 4.78 is 4.84. The Labute approximate surface area is 115 Å². The average molecular weight is 262 g/mol. The number of rotatable bonds is 4. The van der Waals surface area contributed by atoms with E-state index >= 15 is 0 Å². The Balaban J connectivity index is 3.21. The molecule has 0 amide bonds. The van der Waals surface area contributed by atoms with Gasteiger partial charge in [-0.25, -0.2) is 0 Å². The predicted molar refractivity (Wildman–Crippen MR) is 75.7 cm³/mol. The number of benzene rings is 1. The van der Waals surface area contributed by atoms with Gasteiger partial charge in [-0.15, -0.1) is 0 Å². The molecule has 0 bridgehead atoms. The van der Waals surface area contributed by atoms with Crippen LogP contribution in [-0.2, 0) is 9.53 Å². The highest BCUT2D eigenvalue weighted by molar-refractivity contribution is 6.08. The molecule has 0 aliphatic carbocycles. The second kappa shape index (κ2) is 6.00. The van der Waals surface area contributed by atoms with Gasteiger partial charge >= 0.3 is 5.97 Å². The van der Waals surface area contributed by atoms with Crippen molar-refractivity contribution in [2.24, 2.45) is 0 Å². The molecule has 0 N–H and O–H groups in total. The van der Waals surface area contributed by atoms with Gasteiger partial charge < -0.3 is 4.74 Å². The Kier molecular flexibility index (Phi) is 4.87. The fourth-order valence-corrected chi connectivity index (χ4v) is 2.35. The second-order valence-corrected chi connectivity index (χ2v) is 4.90. The van der Waals surface area contributed by atoms with E-state index in [2.05, 4.69) is 6.92 Å². The molecule has 0 aliphatic heterocycles. The first-order chi connectivity index (χ1) is 8.81. The minimum absolute atomic E-state index is 0.153. The smallest absolute Gasteiger partial charge is 0.313 e. The molecule has 0 aliphatic rings. The van der Waals surface area contributed by atoms with Gasteiger partial charge in [-0.1, -0.05) is 0 Å². The summed E-state index contributed by atoms with van der Waals surface area (Å²) in [5, 5.41) is 0. The summed E-state index contributed by atoms with van der Waals surface area (Å²) in [6.45, 7) is 12.0. The van der Waals surface area contributed by atoms with Crippen LogP contribution in [0.25, 0.3) is 0 Å². The average Bonchev–Trinajstić information content (AvgIpc) is 2.34. The number of ether oxygens (including phenoxy) is 1. The molecular formula is C16H22O3. The van der Waals surface area contributed by atoms with Crippen LogP contribution in [-0.4, -0.2) is 18.4 Å². The molecule has 0 saturated carbocycles. The van der Waals surface area contributed by atoms with Crippen LogP contribution in [0, 0.1) is 34.6 Å². The van der Waals surface area contributed by atoms with Gasteiger partial charge in [0, 0.05) is 5.56 Å². The first kappa shape index (κ1) is 15.4. The van der Waals surface area contributed by atoms with Crippen molar-refractivity contribution in [3.8, 4) is 0 Å². The lowest BCUT2D eigenvalue weighted by molar-refractivity contribution is -0.141. The van der Waals surface area contributed by atoms with E-state index in [9.17, 15) is 9.59 Å². The Bertz CT molecular complexity index is 498. The zero-order valence-corrected chi connectivity index (χ0v) is 12.6. The second-order valence-electron chi connectivity index (χ2n) is 4.90. The molecule has 1 rings (SSSR count). The molecule has 19 heavy (non-hydrogen) atoms. The number of hydrogen-bond acceptors (Lipinski definition) is 3. The maximum Gasteiger partial charge on any atom is 0.313 e. The number of Topliss-reactive ketones (excluding diaryl/α,β-unsaturated/α-hetero) is 1. The monoisotopic (exact) mass is 262 g/mol. The summed E-state index contributed by atoms with van der Waals surface area (Å²) in [7, 11) is 0. The topological polar surface area (TPSA) is 43.4 Å². The molecule has 0 heterocycles. The molecule has 1 aromatic carbocycles. The number of carbonyl (C=O) groups is 2. The van der Waals surface area contributed by atoms with Crippen molar-refractivity contribution in [3.63, 3.8) is 0 Å². The fourth-order valence-electron chi connectivity index (χ4n) is 2.35. The van der Waals surface area contributed by atoms with Gasteiger partial charge in [-0.3, -0.25) is 9.59 Å². The van der Waals surface area contributed by atoms with Crippen LogP contribution >= 0.6 is 0 Å². The zero-order chi connectivity index (χ0) is 14.7. The van der Waals surface area contributed by atoms with Crippen molar-refractivity contribution in [2.75, 3.05) is 6.61 Å². The third-order valence-corrected chi connectivity index (χ3v) is 3.89. The quantitative estimate of drug-likeness (QED) is 0.474. The van der Waals surface area contributed by atoms with Crippen molar-refractivity contribution in [1.82, 2.24) is 0 Å². The van der Waals surface area contributed by atoms with Gasteiger partial charge in [0.15, 0.2) is 5.78 Å². The van der Waals surface area contributed by atoms with Crippen LogP contribution in [0.15, 0.2) is 0 Å². The SMILES string of the molecule is CCOC(=O)CC(=O)c1c(C)c(C)c(C)c(C)c1C. The van der Waals surface area contributed by atoms with Crippen LogP contribution < -0.4 is 0 Å². The third-order valence-electron chi connectivity index (χ3n) is 3.89. The molecule has 0 radical (unpaired) electrons. The maximum atomic E-state index is 12.3. The minimum Gasteiger partial charge on any atom is -0.466 e. The highest BCUT2D eigenvalue weighted by Gasteiger charge is 2.20. The Morgan fingerprint density at radius 1 is 0.842 bits per heavy atom. The maximum absolute atomic E-state index is 12.3. The largest absolute Gasteiger partial charge is 0.466 e. The number of hydrogen-bond donors (Lipinski definition) is 0. The zero-order valence-electron chi connectivity index (χ0n) is 12.6. The van der Waals surface area contributed by atoms with Crippen LogP contribution in [0.1, 0.15) is 51.5 Å². The lowest BCUT2D eigenvalue weighted by Crippen LogP contribution is -2.15. The van der Waals surface area contributed by atoms with E-state index in [0.29, 0.717) is 12.2 Å². The van der Waals surface area contributed by atoms with Gasteiger partial charge in [0.2, 0.25) is 0 Å². The summed E-state index contributed by atoms with van der Waals surface area (Å²) >= 11 is 0. The van der Waals surface area contributed by atoms with Crippen molar-refractivity contribution in [2.45, 2.75) is 48.0 Å². The molecule has 1 aromatic rings. The van der Waals surface area contributed by atoms with E-state index < -0.39 is 5.97 Å². The first-order valence-electron chi connectivity index (χ1n) is 6.57. The normalized spacial score (nSPS) is 10.4. The van der Waals surface area contributed by atoms with Crippen molar-refractivity contribution >= 4 is 11.8 Å². The molecule has 0 fully saturated rings. The molecule has 0 aromatic heterocycles. The standard InChI is InChI=1S/C16H22O3/c1-7-19-15(18)8-14(17)16-12(5)10(3)9(2)11(4)13(16)6/h7-8H2,1-6H3. The van der Waals surface area contributed by atoms with Crippen LogP contribution in [0.3, 0.4) is 0 Å². The summed E-state index contributed by atoms with van der Waals surface area (Å²) in [5.74, 6) is -0.609. The summed E-state index contributed by atoms with van der Waals surface area (Å²) in [6, 6.07) is 0. The van der Waals surface area contributed by atoms with Crippen LogP contribution in [0.2, 0.25) is 0 Å². The van der Waals surface area contributed by atoms with Crippen LogP contribution in [0.5, 0.6) is 0 Å². The predicted octanol–water partition coefficient (Wildman–Crippen LogP) is 3.36. The molecule has 0 atom stereocenters. The van der Waals surface area contributed by atoms with Gasteiger partial charge in [-0.05, 0) is 69.4 Å². The molecule has 3 heteroatoms. The lowest BCUT2D eigenvalue weighted by atomic mass is 9.87.